The molecule has 0 atom stereocenters. The zero-order valence-electron chi connectivity index (χ0n) is 19.9. The van der Waals surface area contributed by atoms with Gasteiger partial charge in [0.25, 0.3) is 0 Å². The predicted molar refractivity (Wildman–Crippen MR) is 139 cm³/mol. The summed E-state index contributed by atoms with van der Waals surface area (Å²) in [6, 6.07) is 11.7. The van der Waals surface area contributed by atoms with Crippen LogP contribution < -0.4 is 26.6 Å². The lowest BCUT2D eigenvalue weighted by atomic mass is 9.78. The van der Waals surface area contributed by atoms with Gasteiger partial charge in [0.05, 0.1) is 11.4 Å². The van der Waals surface area contributed by atoms with Crippen LogP contribution in [0.25, 0.3) is 0 Å². The number of rotatable bonds is 7. The number of piperidine rings is 2. The Morgan fingerprint density at radius 3 is 2.06 bits per heavy atom. The number of nitrogen functional groups attached to an aromatic ring is 2. The number of ether oxygens (including phenoxy) is 1. The molecule has 2 aliphatic rings. The molecule has 0 saturated carbocycles. The summed E-state index contributed by atoms with van der Waals surface area (Å²) in [5, 5.41) is 10.1. The van der Waals surface area contributed by atoms with Crippen LogP contribution in [0.15, 0.2) is 36.4 Å². The fraction of sp³-hybridized carbons (Fsp3) is 0.462. The second kappa shape index (κ2) is 10.7. The van der Waals surface area contributed by atoms with E-state index in [1.807, 2.05) is 30.3 Å². The molecule has 2 fully saturated rings. The fourth-order valence-electron chi connectivity index (χ4n) is 5.50. The summed E-state index contributed by atoms with van der Waals surface area (Å²) in [5.41, 5.74) is 17.4. The Bertz CT molecular complexity index is 1010. The molecule has 2 aliphatic heterocycles. The molecule has 8 heteroatoms. The molecule has 2 heterocycles. The van der Waals surface area contributed by atoms with Gasteiger partial charge in [-0.05, 0) is 73.9 Å². The molecule has 0 unspecified atom stereocenters. The molecule has 2 aromatic carbocycles. The minimum absolute atomic E-state index is 0.0813. The van der Waals surface area contributed by atoms with Gasteiger partial charge in [-0.15, -0.1) is 0 Å². The molecule has 1 amide bonds. The van der Waals surface area contributed by atoms with Crippen LogP contribution in [0, 0.1) is 17.2 Å². The largest absolute Gasteiger partial charge is 0.479 e. The summed E-state index contributed by atoms with van der Waals surface area (Å²) in [6.07, 6.45) is 5.66. The van der Waals surface area contributed by atoms with Crippen LogP contribution >= 0.6 is 0 Å². The van der Waals surface area contributed by atoms with Gasteiger partial charge < -0.3 is 31.3 Å². The van der Waals surface area contributed by atoms with Crippen LogP contribution in [0.2, 0.25) is 0 Å². The molecule has 0 bridgehead atoms. The van der Waals surface area contributed by atoms with Gasteiger partial charge >= 0.3 is 0 Å². The first-order chi connectivity index (χ1) is 16.4. The van der Waals surface area contributed by atoms with E-state index in [0.29, 0.717) is 12.3 Å². The Morgan fingerprint density at radius 2 is 1.50 bits per heavy atom. The molecule has 34 heavy (non-hydrogen) atoms. The van der Waals surface area contributed by atoms with Crippen LogP contribution in [0.1, 0.15) is 38.2 Å². The molecular weight excluding hydrogens is 428 g/mol. The SMILES string of the molecule is CC(=O)Nc1cc(N)ccc1N1CCC(C2CCN(c3ccc(N)cc3COC=N)CC2)CC1. The number of benzene rings is 2. The summed E-state index contributed by atoms with van der Waals surface area (Å²) in [7, 11) is 0. The number of anilines is 5. The third-order valence-corrected chi connectivity index (χ3v) is 7.18. The fourth-order valence-corrected chi connectivity index (χ4v) is 5.50. The highest BCUT2D eigenvalue weighted by molar-refractivity contribution is 5.93. The van der Waals surface area contributed by atoms with Gasteiger partial charge in [0.2, 0.25) is 5.91 Å². The second-order valence-electron chi connectivity index (χ2n) is 9.42. The van der Waals surface area contributed by atoms with E-state index in [1.54, 1.807) is 0 Å². The summed E-state index contributed by atoms with van der Waals surface area (Å²) in [4.78, 5) is 16.4. The normalized spacial score (nSPS) is 17.4. The van der Waals surface area contributed by atoms with Crippen molar-refractivity contribution in [2.45, 2.75) is 39.2 Å². The van der Waals surface area contributed by atoms with Gasteiger partial charge in [0.15, 0.2) is 6.40 Å². The first-order valence-corrected chi connectivity index (χ1v) is 12.1. The van der Waals surface area contributed by atoms with Gasteiger partial charge in [-0.3, -0.25) is 10.2 Å². The maximum atomic E-state index is 11.6. The van der Waals surface area contributed by atoms with E-state index in [2.05, 4.69) is 21.2 Å². The Kier molecular flexibility index (Phi) is 7.45. The van der Waals surface area contributed by atoms with Crippen molar-refractivity contribution < 1.29 is 9.53 Å². The lowest BCUT2D eigenvalue weighted by Gasteiger charge is -2.42. The first-order valence-electron chi connectivity index (χ1n) is 12.1. The average Bonchev–Trinajstić information content (AvgIpc) is 2.83. The van der Waals surface area contributed by atoms with E-state index in [0.717, 1.165) is 85.6 Å². The van der Waals surface area contributed by atoms with E-state index in [9.17, 15) is 4.79 Å². The minimum Gasteiger partial charge on any atom is -0.479 e. The van der Waals surface area contributed by atoms with Crippen molar-refractivity contribution in [3.05, 3.63) is 42.0 Å². The van der Waals surface area contributed by atoms with Crippen molar-refractivity contribution >= 4 is 40.7 Å². The summed E-state index contributed by atoms with van der Waals surface area (Å²) < 4.78 is 5.23. The summed E-state index contributed by atoms with van der Waals surface area (Å²) >= 11 is 0. The molecule has 182 valence electrons. The van der Waals surface area contributed by atoms with E-state index in [4.69, 9.17) is 21.6 Å². The van der Waals surface area contributed by atoms with Crippen LogP contribution in [-0.2, 0) is 16.1 Å². The lowest BCUT2D eigenvalue weighted by molar-refractivity contribution is -0.114. The zero-order valence-corrected chi connectivity index (χ0v) is 19.9. The number of carbonyl (C=O) groups excluding carboxylic acids is 1. The van der Waals surface area contributed by atoms with Crippen molar-refractivity contribution in [1.29, 1.82) is 5.41 Å². The highest BCUT2D eigenvalue weighted by Gasteiger charge is 2.30. The molecule has 0 spiro atoms. The van der Waals surface area contributed by atoms with Gasteiger partial charge in [0, 0.05) is 55.7 Å². The van der Waals surface area contributed by atoms with Crippen LogP contribution in [-0.4, -0.2) is 38.5 Å². The number of nitrogens with one attached hydrogen (secondary N) is 2. The van der Waals surface area contributed by atoms with Crippen molar-refractivity contribution in [2.24, 2.45) is 11.8 Å². The highest BCUT2D eigenvalue weighted by Crippen LogP contribution is 2.38. The molecule has 2 saturated heterocycles. The van der Waals surface area contributed by atoms with E-state index >= 15 is 0 Å². The molecule has 0 aromatic heterocycles. The Labute approximate surface area is 201 Å². The highest BCUT2D eigenvalue weighted by atomic mass is 16.5. The number of amides is 1. The molecule has 6 N–H and O–H groups in total. The molecule has 4 rings (SSSR count). The number of nitrogens with two attached hydrogens (primary N) is 2. The van der Waals surface area contributed by atoms with Crippen molar-refractivity contribution in [3.8, 4) is 0 Å². The number of hydrogen-bond acceptors (Lipinski definition) is 7. The van der Waals surface area contributed by atoms with Crippen LogP contribution in [0.3, 0.4) is 0 Å². The van der Waals surface area contributed by atoms with Crippen molar-refractivity contribution in [1.82, 2.24) is 0 Å². The smallest absolute Gasteiger partial charge is 0.221 e. The van der Waals surface area contributed by atoms with Crippen LogP contribution in [0.4, 0.5) is 28.4 Å². The van der Waals surface area contributed by atoms with Crippen molar-refractivity contribution in [2.75, 3.05) is 52.8 Å². The molecule has 8 nitrogen and oxygen atoms in total. The monoisotopic (exact) mass is 464 g/mol. The van der Waals surface area contributed by atoms with Crippen LogP contribution in [0.5, 0.6) is 0 Å². The van der Waals surface area contributed by atoms with E-state index in [-0.39, 0.29) is 5.91 Å². The Hall–Kier alpha value is -3.42. The minimum atomic E-state index is -0.0813. The topological polar surface area (TPSA) is 121 Å². The number of carbonyl (C=O) groups is 1. The third kappa shape index (κ3) is 5.55. The summed E-state index contributed by atoms with van der Waals surface area (Å²) in [5.74, 6) is 1.38. The molecule has 0 aliphatic carbocycles. The lowest BCUT2D eigenvalue weighted by Crippen LogP contribution is -2.41. The van der Waals surface area contributed by atoms with E-state index < -0.39 is 0 Å². The molecular formula is C26H36N6O2. The standard InChI is InChI=1S/C26H36N6O2/c1-18(33)30-24-15-23(29)3-5-26(24)32-12-8-20(9-13-32)19-6-10-31(11-7-19)25-4-2-22(28)14-21(25)16-34-17-27/h2-5,14-15,17,19-20,27H,6-13,16,28-29H2,1H3,(H,30,33). The van der Waals surface area contributed by atoms with Gasteiger partial charge in [-0.2, -0.15) is 0 Å². The summed E-state index contributed by atoms with van der Waals surface area (Å²) in [6.45, 7) is 5.93. The predicted octanol–water partition coefficient (Wildman–Crippen LogP) is 4.07. The Balaban J connectivity index is 1.34. The quantitative estimate of drug-likeness (QED) is 0.278. The number of nitrogens with zero attached hydrogens (tertiary/aromatic N) is 2. The maximum Gasteiger partial charge on any atom is 0.221 e. The Morgan fingerprint density at radius 1 is 0.971 bits per heavy atom. The third-order valence-electron chi connectivity index (χ3n) is 7.18. The van der Waals surface area contributed by atoms with Gasteiger partial charge in [-0.25, -0.2) is 0 Å². The average molecular weight is 465 g/mol. The maximum absolute atomic E-state index is 11.6. The van der Waals surface area contributed by atoms with Gasteiger partial charge in [-0.1, -0.05) is 0 Å². The van der Waals surface area contributed by atoms with Gasteiger partial charge in [0.1, 0.15) is 6.61 Å². The molecule has 0 radical (unpaired) electrons. The number of hydrogen-bond donors (Lipinski definition) is 4. The van der Waals surface area contributed by atoms with E-state index in [1.165, 1.54) is 19.8 Å². The molecule has 2 aromatic rings. The second-order valence-corrected chi connectivity index (χ2v) is 9.42. The van der Waals surface area contributed by atoms with Crippen molar-refractivity contribution in [3.63, 3.8) is 0 Å². The first kappa shape index (κ1) is 23.7. The zero-order chi connectivity index (χ0) is 24.1.